The smallest absolute Gasteiger partial charge is 0.273 e. The lowest BCUT2D eigenvalue weighted by Gasteiger charge is -2.15. The van der Waals surface area contributed by atoms with Crippen LogP contribution >= 0.6 is 11.8 Å². The number of aryl methyl sites for hydroxylation is 1. The average molecular weight is 410 g/mol. The van der Waals surface area contributed by atoms with Gasteiger partial charge in [0.15, 0.2) is 10.9 Å². The number of hydrogen-bond donors (Lipinski definition) is 0. The number of thioether (sulfide) groups is 1. The Kier molecular flexibility index (Phi) is 5.44. The van der Waals surface area contributed by atoms with Gasteiger partial charge in [0.05, 0.1) is 17.1 Å². The van der Waals surface area contributed by atoms with Crippen molar-refractivity contribution in [1.29, 1.82) is 0 Å². The maximum Gasteiger partial charge on any atom is 0.307 e. The van der Waals surface area contributed by atoms with Crippen molar-refractivity contribution in [2.24, 2.45) is 10.2 Å². The number of hydrogen-bond acceptors (Lipinski definition) is 5. The van der Waals surface area contributed by atoms with Crippen LogP contribution in [-0.4, -0.2) is 28.4 Å². The van der Waals surface area contributed by atoms with Crippen LogP contribution in [0.4, 0.5) is 15.9 Å². The number of amides is 2. The van der Waals surface area contributed by atoms with Gasteiger partial charge in [-0.3, -0.25) is 14.5 Å². The Morgan fingerprint density at radius 1 is 1.07 bits per heavy atom. The minimum absolute atomic E-state index is 0.0636. The molecule has 4 rings (SSSR count). The van der Waals surface area contributed by atoms with Gasteiger partial charge < -0.3 is 0 Å². The number of nitrogens with zero attached hydrogens (tertiary/aromatic N) is 4. The van der Waals surface area contributed by atoms with E-state index < -0.39 is 5.91 Å². The van der Waals surface area contributed by atoms with E-state index in [2.05, 4.69) is 17.1 Å². The first kappa shape index (κ1) is 19.3. The van der Waals surface area contributed by atoms with E-state index in [1.54, 1.807) is 18.2 Å². The molecular weight excluding hydrogens is 391 g/mol. The van der Waals surface area contributed by atoms with Crippen molar-refractivity contribution in [3.05, 3.63) is 59.7 Å². The molecule has 2 aliphatic heterocycles. The van der Waals surface area contributed by atoms with E-state index in [9.17, 15) is 14.1 Å². The van der Waals surface area contributed by atoms with E-state index in [4.69, 9.17) is 0 Å². The van der Waals surface area contributed by atoms with E-state index >= 15 is 0 Å². The number of anilines is 2. The lowest BCUT2D eigenvalue weighted by molar-refractivity contribution is -0.115. The van der Waals surface area contributed by atoms with E-state index in [1.165, 1.54) is 28.3 Å². The quantitative estimate of drug-likeness (QED) is 0.551. The molecule has 2 aliphatic rings. The first-order valence-corrected chi connectivity index (χ1v) is 10.4. The topological polar surface area (TPSA) is 65.3 Å². The van der Waals surface area contributed by atoms with Gasteiger partial charge in [-0.1, -0.05) is 59.9 Å². The summed E-state index contributed by atoms with van der Waals surface area (Å²) in [6.07, 6.45) is 3.23. The molecule has 148 valence electrons. The second-order valence-electron chi connectivity index (χ2n) is 6.72. The van der Waals surface area contributed by atoms with E-state index in [-0.39, 0.29) is 28.2 Å². The van der Waals surface area contributed by atoms with Crippen LogP contribution in [0, 0.1) is 0 Å². The van der Waals surface area contributed by atoms with Gasteiger partial charge in [0, 0.05) is 5.56 Å². The van der Waals surface area contributed by atoms with Gasteiger partial charge >= 0.3 is 5.91 Å². The number of unbranched alkanes of at least 4 members (excludes halogenated alkanes) is 1. The minimum atomic E-state index is -0.864. The third kappa shape index (κ3) is 3.67. The molecule has 2 aromatic carbocycles. The van der Waals surface area contributed by atoms with Crippen molar-refractivity contribution >= 4 is 45.8 Å². The third-order valence-corrected chi connectivity index (χ3v) is 5.68. The van der Waals surface area contributed by atoms with E-state index in [1.807, 2.05) is 24.3 Å². The molecule has 0 N–H and O–H groups in total. The Balaban J connectivity index is 1.62. The highest BCUT2D eigenvalue weighted by Gasteiger charge is 2.35. The summed E-state index contributed by atoms with van der Waals surface area (Å²) in [7, 11) is 0. The number of amidine groups is 1. The number of fused-ring (bicyclic) bond motifs is 1. The molecule has 0 aromatic heterocycles. The molecule has 2 heterocycles. The van der Waals surface area contributed by atoms with Crippen LogP contribution in [-0.2, 0) is 16.0 Å². The first-order chi connectivity index (χ1) is 14.1. The molecule has 0 bridgehead atoms. The number of carbonyl (C=O) groups excluding carboxylic acids is 2. The van der Waals surface area contributed by atoms with Gasteiger partial charge in [-0.15, -0.1) is 15.3 Å². The number of benzene rings is 2. The fraction of sp³-hybridized carbons (Fsp3) is 0.238. The van der Waals surface area contributed by atoms with Crippen LogP contribution in [0.3, 0.4) is 0 Å². The summed E-state index contributed by atoms with van der Waals surface area (Å²) in [6, 6.07) is 14.2. The Labute approximate surface area is 172 Å². The van der Waals surface area contributed by atoms with Gasteiger partial charge in [-0.25, -0.2) is 0 Å². The lowest BCUT2D eigenvalue weighted by atomic mass is 10.1. The van der Waals surface area contributed by atoms with Crippen molar-refractivity contribution in [3.8, 4) is 0 Å². The number of rotatable bonds is 5. The van der Waals surface area contributed by atoms with E-state index in [0.717, 1.165) is 19.3 Å². The Hall–Kier alpha value is -3.00. The standard InChI is InChI=1S/C21H19FN4O2S/c1-2-3-6-14-9-11-15(12-10-14)25-18(27)13-29-21(25)24-23-19-16-7-4-5-8-17(16)26(22)20(19)28/h4-5,7-12H,2-3,6,13H2,1H3. The predicted octanol–water partition coefficient (Wildman–Crippen LogP) is 4.10. The molecule has 6 nitrogen and oxygen atoms in total. The van der Waals surface area contributed by atoms with Crippen LogP contribution in [0.5, 0.6) is 0 Å². The third-order valence-electron chi connectivity index (χ3n) is 4.77. The average Bonchev–Trinajstić information content (AvgIpc) is 3.23. The van der Waals surface area contributed by atoms with Crippen molar-refractivity contribution in [1.82, 2.24) is 0 Å². The second kappa shape index (κ2) is 8.16. The molecule has 1 saturated heterocycles. The highest BCUT2D eigenvalue weighted by molar-refractivity contribution is 8.15. The predicted molar refractivity (Wildman–Crippen MR) is 114 cm³/mol. The molecule has 0 radical (unpaired) electrons. The molecule has 0 unspecified atom stereocenters. The summed E-state index contributed by atoms with van der Waals surface area (Å²) in [5, 5.41) is 8.56. The second-order valence-corrected chi connectivity index (χ2v) is 7.66. The van der Waals surface area contributed by atoms with Gasteiger partial charge in [0.1, 0.15) is 0 Å². The molecule has 0 aliphatic carbocycles. The summed E-state index contributed by atoms with van der Waals surface area (Å²) in [6.45, 7) is 2.15. The summed E-state index contributed by atoms with van der Waals surface area (Å²) in [5.41, 5.74) is 2.36. The molecule has 0 spiro atoms. The first-order valence-electron chi connectivity index (χ1n) is 9.40. The highest BCUT2D eigenvalue weighted by atomic mass is 32.2. The van der Waals surface area contributed by atoms with Crippen molar-refractivity contribution in [2.75, 3.05) is 15.8 Å². The zero-order valence-electron chi connectivity index (χ0n) is 15.8. The molecule has 8 heteroatoms. The highest BCUT2D eigenvalue weighted by Crippen LogP contribution is 2.31. The number of para-hydroxylation sites is 1. The van der Waals surface area contributed by atoms with Crippen LogP contribution < -0.4 is 10.0 Å². The van der Waals surface area contributed by atoms with Gasteiger partial charge in [0.25, 0.3) is 0 Å². The molecule has 29 heavy (non-hydrogen) atoms. The van der Waals surface area contributed by atoms with Crippen LogP contribution in [0.15, 0.2) is 58.7 Å². The fourth-order valence-electron chi connectivity index (χ4n) is 3.23. The van der Waals surface area contributed by atoms with E-state index in [0.29, 0.717) is 16.4 Å². The molecule has 2 amide bonds. The molecular formula is C21H19FN4O2S. The summed E-state index contributed by atoms with van der Waals surface area (Å²) in [4.78, 5) is 26.0. The van der Waals surface area contributed by atoms with Crippen LogP contribution in [0.25, 0.3) is 0 Å². The van der Waals surface area contributed by atoms with Gasteiger partial charge in [-0.05, 0) is 36.6 Å². The maximum absolute atomic E-state index is 14.1. The normalized spacial score (nSPS) is 19.0. The Morgan fingerprint density at radius 2 is 1.83 bits per heavy atom. The minimum Gasteiger partial charge on any atom is -0.273 e. The molecule has 0 saturated carbocycles. The SMILES string of the molecule is CCCCc1ccc(N2C(=O)CSC2=NN=C2C(=O)N(F)c3ccccc32)cc1. The van der Waals surface area contributed by atoms with Gasteiger partial charge in [-0.2, -0.15) is 0 Å². The summed E-state index contributed by atoms with van der Waals surface area (Å²) < 4.78 is 14.1. The molecule has 0 atom stereocenters. The number of halogens is 1. The zero-order chi connectivity index (χ0) is 20.4. The van der Waals surface area contributed by atoms with Crippen LogP contribution in [0.1, 0.15) is 30.9 Å². The summed E-state index contributed by atoms with van der Waals surface area (Å²) >= 11 is 1.24. The van der Waals surface area contributed by atoms with Crippen molar-refractivity contribution in [3.63, 3.8) is 0 Å². The zero-order valence-corrected chi connectivity index (χ0v) is 16.7. The monoisotopic (exact) mass is 410 g/mol. The Bertz CT molecular complexity index is 1020. The van der Waals surface area contributed by atoms with Crippen molar-refractivity contribution in [2.45, 2.75) is 26.2 Å². The van der Waals surface area contributed by atoms with Crippen LogP contribution in [0.2, 0.25) is 0 Å². The van der Waals surface area contributed by atoms with Crippen molar-refractivity contribution < 1.29 is 14.1 Å². The van der Waals surface area contributed by atoms with Gasteiger partial charge in [0.2, 0.25) is 5.91 Å². The molecule has 2 aromatic rings. The number of carbonyl (C=O) groups is 2. The maximum atomic E-state index is 14.1. The lowest BCUT2D eigenvalue weighted by Crippen LogP contribution is -2.29. The largest absolute Gasteiger partial charge is 0.307 e. The summed E-state index contributed by atoms with van der Waals surface area (Å²) in [5.74, 6) is -0.738. The molecule has 1 fully saturated rings. The fourth-order valence-corrected chi connectivity index (χ4v) is 4.05. The Morgan fingerprint density at radius 3 is 2.59 bits per heavy atom.